The number of tetrazole rings is 1. The van der Waals surface area contributed by atoms with E-state index in [0.717, 1.165) is 36.3 Å². The van der Waals surface area contributed by atoms with E-state index in [1.54, 1.807) is 0 Å². The maximum Gasteiger partial charge on any atom is 0.179 e. The highest BCUT2D eigenvalue weighted by Gasteiger charge is 2.16. The Morgan fingerprint density at radius 1 is 0.974 bits per heavy atom. The Morgan fingerprint density at radius 2 is 1.76 bits per heavy atom. The molecule has 0 atom stereocenters. The van der Waals surface area contributed by atoms with E-state index in [1.165, 1.54) is 16.5 Å². The van der Waals surface area contributed by atoms with Crippen molar-refractivity contribution < 1.29 is 9.47 Å². The molecule has 0 aliphatic heterocycles. The minimum atomic E-state index is 0.201. The quantitative estimate of drug-likeness (QED) is 0.210. The number of nitrogens with one attached hydrogen (secondary N) is 1. The average molecular weight is 530 g/mol. The van der Waals surface area contributed by atoms with E-state index in [2.05, 4.69) is 77.3 Å². The zero-order valence-corrected chi connectivity index (χ0v) is 22.9. The van der Waals surface area contributed by atoms with E-state index >= 15 is 0 Å². The van der Waals surface area contributed by atoms with Gasteiger partial charge in [0.1, 0.15) is 23.9 Å². The number of aromatic nitrogens is 5. The number of aromatic amines is 1. The van der Waals surface area contributed by atoms with E-state index in [-0.39, 0.29) is 5.41 Å². The van der Waals surface area contributed by atoms with Crippen LogP contribution in [0.5, 0.6) is 17.2 Å². The fourth-order valence-electron chi connectivity index (χ4n) is 4.58. The Hall–Kier alpha value is -3.84. The van der Waals surface area contributed by atoms with Crippen LogP contribution in [-0.4, -0.2) is 25.2 Å². The predicted molar refractivity (Wildman–Crippen MR) is 151 cm³/mol. The molecule has 5 rings (SSSR count). The van der Waals surface area contributed by atoms with Gasteiger partial charge in [0.05, 0.1) is 0 Å². The summed E-state index contributed by atoms with van der Waals surface area (Å²) in [7, 11) is 0. The summed E-state index contributed by atoms with van der Waals surface area (Å²) in [5, 5.41) is 15.8. The van der Waals surface area contributed by atoms with Crippen molar-refractivity contribution in [2.45, 2.75) is 53.7 Å². The third-order valence-corrected chi connectivity index (χ3v) is 6.64. The number of halogens is 1. The lowest BCUT2D eigenvalue weighted by molar-refractivity contribution is 0.303. The minimum Gasteiger partial charge on any atom is -0.489 e. The summed E-state index contributed by atoms with van der Waals surface area (Å²) in [6.07, 6.45) is 4.17. The fraction of sp³-hybridized carbons (Fsp3) is 0.300. The molecule has 8 heteroatoms. The summed E-state index contributed by atoms with van der Waals surface area (Å²) in [4.78, 5) is 0. The van der Waals surface area contributed by atoms with Crippen LogP contribution in [0.1, 0.15) is 45.2 Å². The number of H-pyrrole nitrogens is 1. The first-order valence-corrected chi connectivity index (χ1v) is 13.2. The first-order chi connectivity index (χ1) is 18.3. The van der Waals surface area contributed by atoms with E-state index in [9.17, 15) is 0 Å². The maximum absolute atomic E-state index is 6.54. The van der Waals surface area contributed by atoms with Crippen LogP contribution in [0.2, 0.25) is 5.02 Å². The molecule has 0 spiro atoms. The predicted octanol–water partition coefficient (Wildman–Crippen LogP) is 7.84. The van der Waals surface area contributed by atoms with Gasteiger partial charge in [0.2, 0.25) is 0 Å². The molecule has 7 nitrogen and oxygen atoms in total. The van der Waals surface area contributed by atoms with E-state index in [4.69, 9.17) is 21.1 Å². The van der Waals surface area contributed by atoms with Gasteiger partial charge in [-0.25, -0.2) is 5.10 Å². The Bertz CT molecular complexity index is 1520. The third-order valence-electron chi connectivity index (χ3n) is 6.28. The van der Waals surface area contributed by atoms with Crippen LogP contribution in [-0.2, 0) is 19.6 Å². The maximum atomic E-state index is 6.54. The zero-order valence-electron chi connectivity index (χ0n) is 22.2. The monoisotopic (exact) mass is 529 g/mol. The number of rotatable bonds is 9. The van der Waals surface area contributed by atoms with Gasteiger partial charge in [-0.3, -0.25) is 0 Å². The second kappa shape index (κ2) is 10.9. The molecule has 0 amide bonds. The lowest BCUT2D eigenvalue weighted by Crippen LogP contribution is -2.14. The topological polar surface area (TPSA) is 77.8 Å². The highest BCUT2D eigenvalue weighted by atomic mass is 35.5. The first-order valence-electron chi connectivity index (χ1n) is 12.8. The van der Waals surface area contributed by atoms with Gasteiger partial charge in [0.15, 0.2) is 5.82 Å². The molecule has 196 valence electrons. The fourth-order valence-corrected chi connectivity index (χ4v) is 4.76. The molecule has 2 aromatic heterocycles. The summed E-state index contributed by atoms with van der Waals surface area (Å²) in [5.74, 6) is 2.89. The smallest absolute Gasteiger partial charge is 0.179 e. The molecule has 0 bridgehead atoms. The van der Waals surface area contributed by atoms with Crippen LogP contribution in [0.4, 0.5) is 0 Å². The Kier molecular flexibility index (Phi) is 7.38. The molecule has 0 aliphatic rings. The van der Waals surface area contributed by atoms with Crippen molar-refractivity contribution in [3.05, 3.63) is 83.0 Å². The Morgan fingerprint density at radius 3 is 2.47 bits per heavy atom. The van der Waals surface area contributed by atoms with Crippen LogP contribution < -0.4 is 9.47 Å². The van der Waals surface area contributed by atoms with Crippen molar-refractivity contribution in [2.75, 3.05) is 0 Å². The van der Waals surface area contributed by atoms with E-state index < -0.39 is 0 Å². The van der Waals surface area contributed by atoms with Crippen molar-refractivity contribution in [3.8, 4) is 28.6 Å². The van der Waals surface area contributed by atoms with Gasteiger partial charge in [-0.05, 0) is 82.9 Å². The van der Waals surface area contributed by atoms with Gasteiger partial charge in [0.25, 0.3) is 0 Å². The third kappa shape index (κ3) is 5.83. The molecular weight excluding hydrogens is 498 g/mol. The average Bonchev–Trinajstić information content (AvgIpc) is 3.56. The van der Waals surface area contributed by atoms with Gasteiger partial charge in [-0.2, -0.15) is 0 Å². The van der Waals surface area contributed by atoms with E-state index in [0.29, 0.717) is 29.0 Å². The molecule has 0 saturated carbocycles. The Labute approximate surface area is 227 Å². The molecule has 0 fully saturated rings. The summed E-state index contributed by atoms with van der Waals surface area (Å²) >= 11 is 6.54. The van der Waals surface area contributed by atoms with Gasteiger partial charge < -0.3 is 14.0 Å². The standard InChI is InChI=1S/C30H32ClN5O2/c1-5-6-25-24-15-16-36(19-30(2,3)4)27(24)13-14-28(25)37-18-21-17-23(11-12-26(21)31)38-22-9-7-20(8-10-22)29-32-34-35-33-29/h7-17H,5-6,18-19H2,1-4H3,(H,32,33,34,35). The molecule has 2 heterocycles. The minimum absolute atomic E-state index is 0.201. The number of ether oxygens (including phenoxy) is 2. The second-order valence-corrected chi connectivity index (χ2v) is 11.1. The van der Waals surface area contributed by atoms with Crippen LogP contribution in [0, 0.1) is 5.41 Å². The summed E-state index contributed by atoms with van der Waals surface area (Å²) in [5.41, 5.74) is 4.42. The lowest BCUT2D eigenvalue weighted by Gasteiger charge is -2.20. The highest BCUT2D eigenvalue weighted by molar-refractivity contribution is 6.31. The highest BCUT2D eigenvalue weighted by Crippen LogP contribution is 2.34. The van der Waals surface area contributed by atoms with Crippen LogP contribution in [0.15, 0.2) is 66.9 Å². The van der Waals surface area contributed by atoms with E-state index in [1.807, 2.05) is 42.5 Å². The van der Waals surface area contributed by atoms with Crippen LogP contribution in [0.25, 0.3) is 22.3 Å². The second-order valence-electron chi connectivity index (χ2n) is 10.6. The normalized spacial score (nSPS) is 11.7. The molecule has 0 saturated heterocycles. The van der Waals surface area contributed by atoms with Crippen molar-refractivity contribution in [2.24, 2.45) is 5.41 Å². The van der Waals surface area contributed by atoms with Crippen LogP contribution in [0.3, 0.4) is 0 Å². The molecule has 0 aliphatic carbocycles. The molecule has 1 N–H and O–H groups in total. The van der Waals surface area contributed by atoms with Crippen molar-refractivity contribution >= 4 is 22.5 Å². The van der Waals surface area contributed by atoms with Gasteiger partial charge >= 0.3 is 0 Å². The largest absolute Gasteiger partial charge is 0.489 e. The number of nitrogens with zero attached hydrogens (tertiary/aromatic N) is 4. The molecule has 0 radical (unpaired) electrons. The van der Waals surface area contributed by atoms with Gasteiger partial charge in [-0.1, -0.05) is 45.7 Å². The molecule has 38 heavy (non-hydrogen) atoms. The number of hydrogen-bond acceptors (Lipinski definition) is 5. The number of benzene rings is 3. The van der Waals surface area contributed by atoms with Crippen LogP contribution >= 0.6 is 11.6 Å². The number of fused-ring (bicyclic) bond motifs is 1. The molecule has 5 aromatic rings. The lowest BCUT2D eigenvalue weighted by atomic mass is 9.97. The number of hydrogen-bond donors (Lipinski definition) is 1. The number of aryl methyl sites for hydroxylation is 1. The molecule has 3 aromatic carbocycles. The summed E-state index contributed by atoms with van der Waals surface area (Å²) in [6.45, 7) is 10.3. The molecular formula is C30H32ClN5O2. The summed E-state index contributed by atoms with van der Waals surface area (Å²) in [6, 6.07) is 19.6. The summed E-state index contributed by atoms with van der Waals surface area (Å²) < 4.78 is 14.8. The SMILES string of the molecule is CCCc1c(OCc2cc(Oc3ccc(-c4nnn[nH]4)cc3)ccc2Cl)ccc2c1ccn2CC(C)(C)C. The zero-order chi connectivity index (χ0) is 26.7. The van der Waals surface area contributed by atoms with Crippen molar-refractivity contribution in [1.82, 2.24) is 25.2 Å². The van der Waals surface area contributed by atoms with Gasteiger partial charge in [0, 0.05) is 45.4 Å². The van der Waals surface area contributed by atoms with Crippen molar-refractivity contribution in [3.63, 3.8) is 0 Å². The Balaban J connectivity index is 1.33. The molecule has 0 unspecified atom stereocenters. The van der Waals surface area contributed by atoms with Crippen molar-refractivity contribution in [1.29, 1.82) is 0 Å². The first kappa shape index (κ1) is 25.8. The van der Waals surface area contributed by atoms with Gasteiger partial charge in [-0.15, -0.1) is 5.10 Å².